The minimum atomic E-state index is -1.01. The summed E-state index contributed by atoms with van der Waals surface area (Å²) >= 11 is 0. The number of likely N-dealkylation sites (tertiary alicyclic amines) is 1. The molecule has 0 spiro atoms. The molecule has 0 saturated carbocycles. The first-order chi connectivity index (χ1) is 10.2. The first-order valence-electron chi connectivity index (χ1n) is 7.03. The number of fused-ring (bicyclic) bond motifs is 5. The summed E-state index contributed by atoms with van der Waals surface area (Å²) in [6.45, 7) is -0.000894. The van der Waals surface area contributed by atoms with E-state index in [-0.39, 0.29) is 31.1 Å². The monoisotopic (exact) mass is 285 g/mol. The van der Waals surface area contributed by atoms with E-state index in [1.807, 2.05) is 30.3 Å². The van der Waals surface area contributed by atoms with Gasteiger partial charge in [0, 0.05) is 0 Å². The fraction of sp³-hybridized carbons (Fsp3) is 0.375. The maximum Gasteiger partial charge on any atom is 0.236 e. The number of amides is 2. The molecule has 0 radical (unpaired) electrons. The predicted molar refractivity (Wildman–Crippen MR) is 72.8 cm³/mol. The van der Waals surface area contributed by atoms with E-state index in [4.69, 9.17) is 4.74 Å². The summed E-state index contributed by atoms with van der Waals surface area (Å²) in [5, 5.41) is 9.61. The molecule has 3 heterocycles. The van der Waals surface area contributed by atoms with Crippen LogP contribution in [0.3, 0.4) is 0 Å². The highest BCUT2D eigenvalue weighted by Crippen LogP contribution is 2.51. The number of aliphatic hydroxyl groups excluding tert-OH is 1. The summed E-state index contributed by atoms with van der Waals surface area (Å²) in [5.74, 6) is -1.51. The first kappa shape index (κ1) is 12.7. The van der Waals surface area contributed by atoms with Crippen molar-refractivity contribution in [3.05, 3.63) is 48.0 Å². The van der Waals surface area contributed by atoms with Gasteiger partial charge < -0.3 is 9.84 Å². The molecule has 2 amide bonds. The number of nitrogens with zero attached hydrogens (tertiary/aromatic N) is 1. The van der Waals surface area contributed by atoms with Crippen molar-refractivity contribution in [1.82, 2.24) is 4.90 Å². The van der Waals surface area contributed by atoms with Gasteiger partial charge in [-0.25, -0.2) is 0 Å². The van der Waals surface area contributed by atoms with Crippen molar-refractivity contribution in [3.63, 3.8) is 0 Å². The van der Waals surface area contributed by atoms with Crippen LogP contribution >= 0.6 is 0 Å². The third-order valence-electron chi connectivity index (χ3n) is 4.68. The smallest absolute Gasteiger partial charge is 0.236 e. The molecule has 4 atom stereocenters. The van der Waals surface area contributed by atoms with Crippen LogP contribution in [0.25, 0.3) is 0 Å². The number of ether oxygens (including phenoxy) is 1. The predicted octanol–water partition coefficient (Wildman–Crippen LogP) is 0.487. The Kier molecular flexibility index (Phi) is 2.58. The summed E-state index contributed by atoms with van der Waals surface area (Å²) in [6.07, 6.45) is 3.13. The lowest BCUT2D eigenvalue weighted by Crippen LogP contribution is -2.43. The highest BCUT2D eigenvalue weighted by molar-refractivity contribution is 6.07. The van der Waals surface area contributed by atoms with Gasteiger partial charge in [0.2, 0.25) is 11.8 Å². The highest BCUT2D eigenvalue weighted by Gasteiger charge is 2.67. The molecule has 5 nitrogen and oxygen atoms in total. The Morgan fingerprint density at radius 2 is 1.95 bits per heavy atom. The summed E-state index contributed by atoms with van der Waals surface area (Å²) in [7, 11) is 0. The molecule has 5 heteroatoms. The van der Waals surface area contributed by atoms with Crippen LogP contribution in [0, 0.1) is 11.8 Å². The topological polar surface area (TPSA) is 66.8 Å². The Balaban J connectivity index is 1.66. The van der Waals surface area contributed by atoms with E-state index in [2.05, 4.69) is 0 Å². The van der Waals surface area contributed by atoms with Crippen molar-refractivity contribution >= 4 is 11.8 Å². The summed E-state index contributed by atoms with van der Waals surface area (Å²) in [5.41, 5.74) is -0.0912. The lowest BCUT2D eigenvalue weighted by molar-refractivity contribution is -0.146. The fourth-order valence-corrected chi connectivity index (χ4v) is 3.67. The lowest BCUT2D eigenvalue weighted by atomic mass is 9.77. The van der Waals surface area contributed by atoms with Gasteiger partial charge in [0.05, 0.1) is 31.1 Å². The van der Waals surface area contributed by atoms with E-state index < -0.39 is 17.4 Å². The van der Waals surface area contributed by atoms with Crippen molar-refractivity contribution in [2.24, 2.45) is 11.8 Å². The SMILES string of the molecule is O=C1[C@H]2[C@@H]3C=C[C@@](CO)(O3)[C@H]2C(=O)N1Cc1ccccc1. The number of hydrogen-bond donors (Lipinski definition) is 1. The van der Waals surface area contributed by atoms with Crippen LogP contribution in [0.5, 0.6) is 0 Å². The molecule has 0 unspecified atom stereocenters. The number of hydrogen-bond acceptors (Lipinski definition) is 4. The molecule has 4 rings (SSSR count). The van der Waals surface area contributed by atoms with Crippen molar-refractivity contribution in [2.45, 2.75) is 18.2 Å². The lowest BCUT2D eigenvalue weighted by Gasteiger charge is -2.26. The molecule has 2 saturated heterocycles. The molecular weight excluding hydrogens is 270 g/mol. The largest absolute Gasteiger partial charge is 0.393 e. The summed E-state index contributed by atoms with van der Waals surface area (Å²) < 4.78 is 5.69. The second-order valence-electron chi connectivity index (χ2n) is 5.81. The van der Waals surface area contributed by atoms with Gasteiger partial charge in [-0.15, -0.1) is 0 Å². The van der Waals surface area contributed by atoms with Gasteiger partial charge in [-0.3, -0.25) is 14.5 Å². The van der Waals surface area contributed by atoms with Gasteiger partial charge in [0.25, 0.3) is 0 Å². The van der Waals surface area contributed by atoms with E-state index in [1.54, 1.807) is 12.2 Å². The molecule has 0 aliphatic carbocycles. The maximum atomic E-state index is 12.6. The van der Waals surface area contributed by atoms with E-state index in [0.717, 1.165) is 5.56 Å². The van der Waals surface area contributed by atoms with Gasteiger partial charge in [-0.2, -0.15) is 0 Å². The number of rotatable bonds is 3. The van der Waals surface area contributed by atoms with Crippen molar-refractivity contribution in [1.29, 1.82) is 0 Å². The number of aliphatic hydroxyl groups is 1. The standard InChI is InChI=1S/C16H15NO4/c18-9-16-7-6-11(21-16)12-13(16)15(20)17(14(12)19)8-10-4-2-1-3-5-10/h1-7,11-13,18H,8-9H2/t11-,12-,13+,16-/m0/s1. The number of imide groups is 1. The summed E-state index contributed by atoms with van der Waals surface area (Å²) in [6, 6.07) is 9.43. The average Bonchev–Trinajstić information content (AvgIpc) is 3.15. The third-order valence-corrected chi connectivity index (χ3v) is 4.68. The Morgan fingerprint density at radius 1 is 1.19 bits per heavy atom. The molecule has 21 heavy (non-hydrogen) atoms. The van der Waals surface area contributed by atoms with Crippen LogP contribution in [-0.2, 0) is 20.9 Å². The number of carbonyl (C=O) groups excluding carboxylic acids is 2. The average molecular weight is 285 g/mol. The van der Waals surface area contributed by atoms with E-state index in [9.17, 15) is 14.7 Å². The number of carbonyl (C=O) groups is 2. The van der Waals surface area contributed by atoms with Crippen LogP contribution in [0.4, 0.5) is 0 Å². The van der Waals surface area contributed by atoms with Crippen LogP contribution in [0.15, 0.2) is 42.5 Å². The Labute approximate surface area is 121 Å². The van der Waals surface area contributed by atoms with Gasteiger partial charge in [0.1, 0.15) is 5.60 Å². The maximum absolute atomic E-state index is 12.6. The normalized spacial score (nSPS) is 36.6. The van der Waals surface area contributed by atoms with Crippen LogP contribution in [0.2, 0.25) is 0 Å². The molecular formula is C16H15NO4. The zero-order chi connectivity index (χ0) is 14.6. The Hall–Kier alpha value is -1.98. The highest BCUT2D eigenvalue weighted by atomic mass is 16.5. The third kappa shape index (κ3) is 1.58. The van der Waals surface area contributed by atoms with Gasteiger partial charge in [-0.1, -0.05) is 42.5 Å². The molecule has 2 bridgehead atoms. The summed E-state index contributed by atoms with van der Waals surface area (Å²) in [4.78, 5) is 26.5. The molecule has 1 N–H and O–H groups in total. The van der Waals surface area contributed by atoms with E-state index >= 15 is 0 Å². The van der Waals surface area contributed by atoms with Crippen molar-refractivity contribution in [2.75, 3.05) is 6.61 Å². The second kappa shape index (κ2) is 4.26. The second-order valence-corrected chi connectivity index (χ2v) is 5.81. The molecule has 3 aliphatic heterocycles. The molecule has 108 valence electrons. The minimum Gasteiger partial charge on any atom is -0.393 e. The zero-order valence-electron chi connectivity index (χ0n) is 11.3. The number of benzene rings is 1. The zero-order valence-corrected chi connectivity index (χ0v) is 11.3. The van der Waals surface area contributed by atoms with Gasteiger partial charge in [0.15, 0.2) is 0 Å². The Morgan fingerprint density at radius 3 is 2.67 bits per heavy atom. The molecule has 1 aromatic rings. The first-order valence-corrected chi connectivity index (χ1v) is 7.03. The fourth-order valence-electron chi connectivity index (χ4n) is 3.67. The molecule has 2 fully saturated rings. The Bertz CT molecular complexity index is 641. The van der Waals surface area contributed by atoms with Crippen LogP contribution in [-0.4, -0.2) is 40.1 Å². The molecule has 3 aliphatic rings. The van der Waals surface area contributed by atoms with E-state index in [0.29, 0.717) is 0 Å². The van der Waals surface area contributed by atoms with Gasteiger partial charge >= 0.3 is 0 Å². The minimum absolute atomic E-state index is 0.196. The van der Waals surface area contributed by atoms with Crippen LogP contribution < -0.4 is 0 Å². The quantitative estimate of drug-likeness (QED) is 0.648. The van der Waals surface area contributed by atoms with Crippen LogP contribution in [0.1, 0.15) is 5.56 Å². The van der Waals surface area contributed by atoms with E-state index in [1.165, 1.54) is 4.90 Å². The van der Waals surface area contributed by atoms with Gasteiger partial charge in [-0.05, 0) is 5.56 Å². The van der Waals surface area contributed by atoms with Crippen molar-refractivity contribution < 1.29 is 19.4 Å². The van der Waals surface area contributed by atoms with Crippen molar-refractivity contribution in [3.8, 4) is 0 Å². The molecule has 1 aromatic carbocycles. The molecule has 0 aromatic heterocycles.